The number of hydrogen-bond donors (Lipinski definition) is 1. The molecule has 0 heterocycles. The Morgan fingerprint density at radius 3 is 1.46 bits per heavy atom. The Labute approximate surface area is 234 Å². The zero-order chi connectivity index (χ0) is 28.3. The molecular formula is C34H39O4P. The quantitative estimate of drug-likeness (QED) is 0.214. The maximum Gasteiger partial charge on any atom is 0.530 e. The second kappa shape index (κ2) is 12.1. The Balaban J connectivity index is 1.74. The van der Waals surface area contributed by atoms with Gasteiger partial charge in [0, 0.05) is 11.1 Å². The molecule has 4 aromatic carbocycles. The van der Waals surface area contributed by atoms with Crippen molar-refractivity contribution in [3.05, 3.63) is 106 Å². The van der Waals surface area contributed by atoms with E-state index < -0.39 is 8.60 Å². The lowest BCUT2D eigenvalue weighted by molar-refractivity contribution is 0.387. The van der Waals surface area contributed by atoms with E-state index in [0.717, 1.165) is 33.4 Å². The van der Waals surface area contributed by atoms with E-state index in [-0.39, 0.29) is 5.75 Å². The van der Waals surface area contributed by atoms with Gasteiger partial charge in [-0.3, -0.25) is 0 Å². The number of phenolic OH excluding ortho intramolecular Hbond substituents is 1. The minimum absolute atomic E-state index is 0.246. The first-order chi connectivity index (χ1) is 18.5. The van der Waals surface area contributed by atoms with Gasteiger partial charge in [-0.05, 0) is 109 Å². The molecule has 0 aliphatic heterocycles. The minimum Gasteiger partial charge on any atom is -0.507 e. The summed E-state index contributed by atoms with van der Waals surface area (Å²) in [4.78, 5) is 0. The van der Waals surface area contributed by atoms with Gasteiger partial charge in [-0.15, -0.1) is 0 Å². The molecule has 0 aliphatic rings. The maximum atomic E-state index is 11.0. The average Bonchev–Trinajstić information content (AvgIpc) is 2.88. The average molecular weight is 543 g/mol. The van der Waals surface area contributed by atoms with Gasteiger partial charge in [0.1, 0.15) is 23.0 Å². The first-order valence-electron chi connectivity index (χ1n) is 13.5. The van der Waals surface area contributed by atoms with Crippen molar-refractivity contribution in [1.29, 1.82) is 0 Å². The first kappa shape index (κ1) is 28.5. The SMILES string of the molecule is Cc1cc(C)c(O)c(-c2cc(C)cc(C)c2OP(Oc2ccc(C(C)C)cc2)Oc2ccc(C(C)C)cc2)c1. The fourth-order valence-electron chi connectivity index (χ4n) is 4.57. The van der Waals surface area contributed by atoms with Crippen LogP contribution in [-0.2, 0) is 0 Å². The summed E-state index contributed by atoms with van der Waals surface area (Å²) in [6, 6.07) is 24.2. The molecule has 0 atom stereocenters. The maximum absolute atomic E-state index is 11.0. The molecule has 0 fully saturated rings. The van der Waals surface area contributed by atoms with E-state index in [4.69, 9.17) is 13.6 Å². The van der Waals surface area contributed by atoms with Gasteiger partial charge in [0.2, 0.25) is 0 Å². The monoisotopic (exact) mass is 542 g/mol. The third kappa shape index (κ3) is 6.94. The van der Waals surface area contributed by atoms with Crippen LogP contribution < -0.4 is 13.6 Å². The fourth-order valence-corrected chi connectivity index (χ4v) is 5.66. The second-order valence-electron chi connectivity index (χ2n) is 10.9. The molecule has 0 unspecified atom stereocenters. The van der Waals surface area contributed by atoms with Crippen LogP contribution in [0.1, 0.15) is 72.9 Å². The topological polar surface area (TPSA) is 47.9 Å². The fraction of sp³-hybridized carbons (Fsp3) is 0.294. The standard InChI is InChI=1S/C34H39O4P/c1-21(2)27-9-13-29(14-10-27)36-39(37-30-15-11-28(12-16-30)22(3)4)38-34-26(8)18-24(6)20-32(34)31-19-23(5)17-25(7)33(31)35/h9-22,35H,1-8H3. The molecule has 0 aromatic heterocycles. The summed E-state index contributed by atoms with van der Waals surface area (Å²) in [7, 11) is -1.88. The van der Waals surface area contributed by atoms with Crippen molar-refractivity contribution in [2.75, 3.05) is 0 Å². The van der Waals surface area contributed by atoms with E-state index >= 15 is 0 Å². The van der Waals surface area contributed by atoms with Crippen molar-refractivity contribution in [3.8, 4) is 34.1 Å². The molecule has 0 radical (unpaired) electrons. The number of phenols is 1. The van der Waals surface area contributed by atoms with Crippen molar-refractivity contribution in [2.24, 2.45) is 0 Å². The van der Waals surface area contributed by atoms with Crippen LogP contribution in [0.15, 0.2) is 72.8 Å². The van der Waals surface area contributed by atoms with E-state index in [0.29, 0.717) is 29.1 Å². The van der Waals surface area contributed by atoms with Crippen LogP contribution in [0, 0.1) is 27.7 Å². The molecule has 4 nitrogen and oxygen atoms in total. The molecule has 0 spiro atoms. The Kier molecular flexibility index (Phi) is 8.87. The molecule has 4 aromatic rings. The molecule has 204 valence electrons. The molecule has 1 N–H and O–H groups in total. The first-order valence-corrected chi connectivity index (χ1v) is 14.6. The Bertz CT molecular complexity index is 1370. The minimum atomic E-state index is -1.88. The van der Waals surface area contributed by atoms with Crippen LogP contribution in [0.4, 0.5) is 0 Å². The highest BCUT2D eigenvalue weighted by Gasteiger charge is 2.25. The largest absolute Gasteiger partial charge is 0.530 e. The van der Waals surface area contributed by atoms with Gasteiger partial charge in [-0.2, -0.15) is 0 Å². The van der Waals surface area contributed by atoms with Crippen molar-refractivity contribution in [1.82, 2.24) is 0 Å². The van der Waals surface area contributed by atoms with Gasteiger partial charge < -0.3 is 18.7 Å². The summed E-state index contributed by atoms with van der Waals surface area (Å²) in [6.07, 6.45) is 0. The predicted octanol–water partition coefficient (Wildman–Crippen LogP) is 10.3. The van der Waals surface area contributed by atoms with Crippen molar-refractivity contribution < 1.29 is 18.7 Å². The molecular weight excluding hydrogens is 503 g/mol. The Morgan fingerprint density at radius 2 is 1.00 bits per heavy atom. The lowest BCUT2D eigenvalue weighted by atomic mass is 9.95. The van der Waals surface area contributed by atoms with Crippen molar-refractivity contribution in [3.63, 3.8) is 0 Å². The summed E-state index contributed by atoms with van der Waals surface area (Å²) in [6.45, 7) is 16.7. The van der Waals surface area contributed by atoms with Gasteiger partial charge in [0.15, 0.2) is 0 Å². The molecule has 0 saturated heterocycles. The zero-order valence-corrected chi connectivity index (χ0v) is 25.1. The van der Waals surface area contributed by atoms with Crippen LogP contribution in [0.3, 0.4) is 0 Å². The summed E-state index contributed by atoms with van der Waals surface area (Å²) in [5, 5.41) is 11.0. The third-order valence-corrected chi connectivity index (χ3v) is 7.82. The van der Waals surface area contributed by atoms with Gasteiger partial charge in [0.05, 0.1) is 0 Å². The third-order valence-electron chi connectivity index (χ3n) is 6.77. The van der Waals surface area contributed by atoms with Gasteiger partial charge in [-0.1, -0.05) is 64.1 Å². The highest BCUT2D eigenvalue weighted by Crippen LogP contribution is 2.48. The van der Waals surface area contributed by atoms with Crippen molar-refractivity contribution in [2.45, 2.75) is 67.2 Å². The summed E-state index contributed by atoms with van der Waals surface area (Å²) < 4.78 is 19.3. The van der Waals surface area contributed by atoms with Crippen molar-refractivity contribution >= 4 is 8.60 Å². The molecule has 0 amide bonds. The summed E-state index contributed by atoms with van der Waals surface area (Å²) in [5.74, 6) is 3.07. The number of benzene rings is 4. The number of rotatable bonds is 9. The van der Waals surface area contributed by atoms with Gasteiger partial charge >= 0.3 is 8.60 Å². The van der Waals surface area contributed by atoms with Crippen LogP contribution >= 0.6 is 8.60 Å². The number of hydrogen-bond acceptors (Lipinski definition) is 4. The Morgan fingerprint density at radius 1 is 0.564 bits per heavy atom. The second-order valence-corrected chi connectivity index (χ2v) is 11.9. The zero-order valence-electron chi connectivity index (χ0n) is 24.2. The van der Waals surface area contributed by atoms with Crippen LogP contribution in [0.2, 0.25) is 0 Å². The molecule has 4 rings (SSSR count). The number of aromatic hydroxyl groups is 1. The van der Waals surface area contributed by atoms with Gasteiger partial charge in [0.25, 0.3) is 0 Å². The predicted molar refractivity (Wildman–Crippen MR) is 162 cm³/mol. The van der Waals surface area contributed by atoms with E-state index in [1.807, 2.05) is 70.2 Å². The van der Waals surface area contributed by atoms with Crippen LogP contribution in [-0.4, -0.2) is 5.11 Å². The van der Waals surface area contributed by atoms with E-state index in [1.54, 1.807) is 0 Å². The van der Waals surface area contributed by atoms with Gasteiger partial charge in [-0.25, -0.2) is 0 Å². The Hall–Kier alpha value is -3.49. The molecule has 5 heteroatoms. The van der Waals surface area contributed by atoms with Crippen LogP contribution in [0.25, 0.3) is 11.1 Å². The summed E-state index contributed by atoms with van der Waals surface area (Å²) >= 11 is 0. The highest BCUT2D eigenvalue weighted by atomic mass is 31.2. The number of aryl methyl sites for hydroxylation is 4. The molecule has 39 heavy (non-hydrogen) atoms. The van der Waals surface area contributed by atoms with Crippen LogP contribution in [0.5, 0.6) is 23.0 Å². The summed E-state index contributed by atoms with van der Waals surface area (Å²) in [5.41, 5.74) is 7.91. The van der Waals surface area contributed by atoms with E-state index in [9.17, 15) is 5.11 Å². The highest BCUT2D eigenvalue weighted by molar-refractivity contribution is 7.43. The lowest BCUT2D eigenvalue weighted by Crippen LogP contribution is -2.05. The molecule has 0 bridgehead atoms. The lowest BCUT2D eigenvalue weighted by Gasteiger charge is -2.22. The van der Waals surface area contributed by atoms with E-state index in [2.05, 4.69) is 58.0 Å². The van der Waals surface area contributed by atoms with E-state index in [1.165, 1.54) is 11.1 Å². The normalized spacial score (nSPS) is 11.4. The smallest absolute Gasteiger partial charge is 0.507 e. The molecule has 0 aliphatic carbocycles. The molecule has 0 saturated carbocycles.